The quantitative estimate of drug-likeness (QED) is 0.352. The van der Waals surface area contributed by atoms with Crippen LogP contribution in [0.5, 0.6) is 5.75 Å². The normalized spacial score (nSPS) is 19.4. The van der Waals surface area contributed by atoms with Gasteiger partial charge in [0.05, 0.1) is 11.0 Å². The van der Waals surface area contributed by atoms with Gasteiger partial charge in [-0.05, 0) is 31.5 Å². The Morgan fingerprint density at radius 1 is 1.32 bits per heavy atom. The predicted octanol–water partition coefficient (Wildman–Crippen LogP) is 0.00800. The molecule has 0 saturated carbocycles. The molecular weight excluding hydrogens is 346 g/mol. The highest BCUT2D eigenvalue weighted by atomic mass is 32.2. The number of hydrogen-bond donors (Lipinski definition) is 3. The Bertz CT molecular complexity index is 755. The standard InChI is InChI=1S/C16H21N3O5S/c17-15(20)9-12(14-7-4-8-19-14)13(10-25(18,22)23)16(21)24-11-5-2-1-3-6-11/h1-3,5-6,10,12,14,19H,4,7-9H2,(H2,17,20)(H2,18,22,23)/t12?,14-/m0/s1. The van der Waals surface area contributed by atoms with E-state index in [9.17, 15) is 18.0 Å². The highest BCUT2D eigenvalue weighted by molar-refractivity contribution is 7.92. The summed E-state index contributed by atoms with van der Waals surface area (Å²) < 4.78 is 28.4. The van der Waals surface area contributed by atoms with Crippen LogP contribution in [0.4, 0.5) is 0 Å². The van der Waals surface area contributed by atoms with Gasteiger partial charge in [-0.15, -0.1) is 0 Å². The minimum absolute atomic E-state index is 0.190. The lowest BCUT2D eigenvalue weighted by Crippen LogP contribution is -2.38. The second-order valence-corrected chi connectivity index (χ2v) is 7.26. The Kier molecular flexibility index (Phi) is 6.29. The van der Waals surface area contributed by atoms with E-state index in [4.69, 9.17) is 15.6 Å². The highest BCUT2D eigenvalue weighted by Gasteiger charge is 2.34. The van der Waals surface area contributed by atoms with E-state index >= 15 is 0 Å². The molecule has 2 atom stereocenters. The number of nitrogens with two attached hydrogens (primary N) is 2. The summed E-state index contributed by atoms with van der Waals surface area (Å²) >= 11 is 0. The molecule has 1 fully saturated rings. The van der Waals surface area contributed by atoms with Crippen LogP contribution in [0.3, 0.4) is 0 Å². The minimum Gasteiger partial charge on any atom is -0.423 e. The van der Waals surface area contributed by atoms with Crippen molar-refractivity contribution in [2.75, 3.05) is 6.54 Å². The van der Waals surface area contributed by atoms with Crippen molar-refractivity contribution in [1.29, 1.82) is 0 Å². The molecule has 9 heteroatoms. The Morgan fingerprint density at radius 3 is 2.52 bits per heavy atom. The number of ether oxygens (including phenoxy) is 1. The summed E-state index contributed by atoms with van der Waals surface area (Å²) in [6, 6.07) is 7.95. The molecule has 1 aromatic carbocycles. The van der Waals surface area contributed by atoms with E-state index in [2.05, 4.69) is 5.32 Å². The van der Waals surface area contributed by atoms with Crippen LogP contribution in [0, 0.1) is 5.92 Å². The fourth-order valence-electron chi connectivity index (χ4n) is 2.86. The Balaban J connectivity index is 2.37. The lowest BCUT2D eigenvalue weighted by atomic mass is 9.88. The first-order valence-corrected chi connectivity index (χ1v) is 9.40. The molecule has 1 heterocycles. The van der Waals surface area contributed by atoms with E-state index < -0.39 is 27.8 Å². The predicted molar refractivity (Wildman–Crippen MR) is 91.6 cm³/mol. The van der Waals surface area contributed by atoms with Gasteiger partial charge in [0.1, 0.15) is 5.75 Å². The summed E-state index contributed by atoms with van der Waals surface area (Å²) in [4.78, 5) is 24.0. The summed E-state index contributed by atoms with van der Waals surface area (Å²) in [5, 5.41) is 8.90. The Labute approximate surface area is 146 Å². The second kappa shape index (κ2) is 8.24. The summed E-state index contributed by atoms with van der Waals surface area (Å²) in [7, 11) is -4.11. The fourth-order valence-corrected chi connectivity index (χ4v) is 3.48. The molecule has 1 aromatic rings. The van der Waals surface area contributed by atoms with Gasteiger partial charge in [-0.25, -0.2) is 18.4 Å². The first-order chi connectivity index (χ1) is 11.8. The van der Waals surface area contributed by atoms with E-state index in [-0.39, 0.29) is 23.8 Å². The molecule has 0 bridgehead atoms. The van der Waals surface area contributed by atoms with Gasteiger partial charge in [0, 0.05) is 18.4 Å². The maximum Gasteiger partial charge on any atom is 0.340 e. The molecule has 5 N–H and O–H groups in total. The monoisotopic (exact) mass is 367 g/mol. The zero-order valence-electron chi connectivity index (χ0n) is 13.6. The van der Waals surface area contributed by atoms with Crippen LogP contribution in [0.15, 0.2) is 41.3 Å². The molecule has 2 rings (SSSR count). The zero-order valence-corrected chi connectivity index (χ0v) is 14.4. The Hall–Kier alpha value is -2.23. The van der Waals surface area contributed by atoms with Crippen molar-refractivity contribution >= 4 is 21.9 Å². The molecule has 1 aliphatic heterocycles. The summed E-state index contributed by atoms with van der Waals surface area (Å²) in [5.74, 6) is -2.01. The number of nitrogens with one attached hydrogen (secondary N) is 1. The molecule has 1 aliphatic rings. The number of hydrogen-bond acceptors (Lipinski definition) is 6. The summed E-state index contributed by atoms with van der Waals surface area (Å²) in [6.07, 6.45) is 1.33. The van der Waals surface area contributed by atoms with Crippen molar-refractivity contribution in [3.8, 4) is 5.75 Å². The van der Waals surface area contributed by atoms with Crippen LogP contribution in [-0.2, 0) is 19.6 Å². The van der Waals surface area contributed by atoms with Crippen molar-refractivity contribution < 1.29 is 22.7 Å². The maximum absolute atomic E-state index is 12.6. The molecule has 8 nitrogen and oxygen atoms in total. The summed E-state index contributed by atoms with van der Waals surface area (Å²) in [6.45, 7) is 0.705. The lowest BCUT2D eigenvalue weighted by Gasteiger charge is -2.24. The molecule has 1 saturated heterocycles. The van der Waals surface area contributed by atoms with E-state index in [1.54, 1.807) is 30.3 Å². The van der Waals surface area contributed by atoms with Crippen molar-refractivity contribution in [2.24, 2.45) is 16.8 Å². The Morgan fingerprint density at radius 2 is 2.00 bits per heavy atom. The molecule has 25 heavy (non-hydrogen) atoms. The number of carbonyl (C=O) groups excluding carboxylic acids is 2. The zero-order chi connectivity index (χ0) is 18.4. The topological polar surface area (TPSA) is 142 Å². The van der Waals surface area contributed by atoms with E-state index in [0.717, 1.165) is 6.42 Å². The third kappa shape index (κ3) is 5.96. The van der Waals surface area contributed by atoms with Crippen molar-refractivity contribution in [2.45, 2.75) is 25.3 Å². The van der Waals surface area contributed by atoms with Crippen LogP contribution < -0.4 is 20.9 Å². The molecule has 0 spiro atoms. The third-order valence-corrected chi connectivity index (χ3v) is 4.47. The van der Waals surface area contributed by atoms with Crippen LogP contribution in [-0.4, -0.2) is 32.9 Å². The van der Waals surface area contributed by atoms with E-state index in [1.165, 1.54) is 0 Å². The number of esters is 1. The maximum atomic E-state index is 12.6. The third-order valence-electron chi connectivity index (χ3n) is 3.89. The first kappa shape index (κ1) is 19.1. The number of amides is 1. The van der Waals surface area contributed by atoms with Gasteiger partial charge < -0.3 is 15.8 Å². The van der Waals surface area contributed by atoms with Gasteiger partial charge in [-0.2, -0.15) is 0 Å². The van der Waals surface area contributed by atoms with Crippen LogP contribution >= 0.6 is 0 Å². The largest absolute Gasteiger partial charge is 0.423 e. The number of primary amides is 1. The molecule has 0 radical (unpaired) electrons. The van der Waals surface area contributed by atoms with Gasteiger partial charge in [0.15, 0.2) is 0 Å². The summed E-state index contributed by atoms with van der Waals surface area (Å²) in [5.41, 5.74) is 5.10. The van der Waals surface area contributed by atoms with Gasteiger partial charge in [0.25, 0.3) is 0 Å². The van der Waals surface area contributed by atoms with E-state index in [1.807, 2.05) is 0 Å². The van der Waals surface area contributed by atoms with Gasteiger partial charge in [0.2, 0.25) is 15.9 Å². The van der Waals surface area contributed by atoms with Crippen molar-refractivity contribution in [1.82, 2.24) is 5.32 Å². The first-order valence-electron chi connectivity index (χ1n) is 7.79. The average molecular weight is 367 g/mol. The van der Waals surface area contributed by atoms with Gasteiger partial charge in [-0.3, -0.25) is 4.79 Å². The molecule has 0 aliphatic carbocycles. The SMILES string of the molecule is NC(=O)CC(C(=CS(N)(=O)=O)C(=O)Oc1ccccc1)[C@@H]1CCCN1. The lowest BCUT2D eigenvalue weighted by molar-refractivity contribution is -0.131. The number of primary sulfonamides is 1. The van der Waals surface area contributed by atoms with Gasteiger partial charge >= 0.3 is 5.97 Å². The molecular formula is C16H21N3O5S. The van der Waals surface area contributed by atoms with Crippen molar-refractivity contribution in [3.05, 3.63) is 41.3 Å². The number of para-hydroxylation sites is 1. The number of carbonyl (C=O) groups is 2. The fraction of sp³-hybridized carbons (Fsp3) is 0.375. The minimum atomic E-state index is -4.11. The molecule has 0 aromatic heterocycles. The average Bonchev–Trinajstić information content (AvgIpc) is 3.04. The molecule has 1 amide bonds. The number of sulfonamides is 1. The van der Waals surface area contributed by atoms with Crippen LogP contribution in [0.25, 0.3) is 0 Å². The van der Waals surface area contributed by atoms with Crippen LogP contribution in [0.1, 0.15) is 19.3 Å². The number of rotatable bonds is 7. The van der Waals surface area contributed by atoms with Gasteiger partial charge in [-0.1, -0.05) is 18.2 Å². The highest BCUT2D eigenvalue weighted by Crippen LogP contribution is 2.27. The smallest absolute Gasteiger partial charge is 0.340 e. The second-order valence-electron chi connectivity index (χ2n) is 5.84. The molecule has 136 valence electrons. The molecule has 1 unspecified atom stereocenters. The van der Waals surface area contributed by atoms with Crippen molar-refractivity contribution in [3.63, 3.8) is 0 Å². The number of benzene rings is 1. The van der Waals surface area contributed by atoms with Crippen LogP contribution in [0.2, 0.25) is 0 Å². The van der Waals surface area contributed by atoms with E-state index in [0.29, 0.717) is 18.4 Å².